The monoisotopic (exact) mass is 142 g/mol. The Balaban J connectivity index is 1.96. The van der Waals surface area contributed by atoms with Gasteiger partial charge in [-0.25, -0.2) is 0 Å². The first-order valence-electron chi connectivity index (χ1n) is 3.92. The Morgan fingerprint density at radius 2 is 2.30 bits per heavy atom. The van der Waals surface area contributed by atoms with Gasteiger partial charge >= 0.3 is 0 Å². The summed E-state index contributed by atoms with van der Waals surface area (Å²) in [5, 5.41) is 3.38. The maximum absolute atomic E-state index is 5.68. The van der Waals surface area contributed by atoms with Gasteiger partial charge in [-0.05, 0) is 19.3 Å². The van der Waals surface area contributed by atoms with Crippen molar-refractivity contribution >= 4 is 0 Å². The molecule has 0 radical (unpaired) electrons. The third kappa shape index (κ3) is 0.944. The maximum atomic E-state index is 5.68. The molecule has 2 rings (SSSR count). The van der Waals surface area contributed by atoms with Crippen LogP contribution < -0.4 is 11.1 Å². The van der Waals surface area contributed by atoms with Crippen LogP contribution >= 0.6 is 0 Å². The average molecular weight is 142 g/mol. The van der Waals surface area contributed by atoms with Gasteiger partial charge in [0.2, 0.25) is 0 Å². The van der Waals surface area contributed by atoms with Crippen molar-refractivity contribution in [1.82, 2.24) is 5.32 Å². The molecule has 0 bridgehead atoms. The van der Waals surface area contributed by atoms with Crippen LogP contribution in [0.5, 0.6) is 0 Å². The number of nitrogens with two attached hydrogens (primary N) is 1. The molecule has 0 aromatic rings. The van der Waals surface area contributed by atoms with E-state index in [4.69, 9.17) is 10.5 Å². The molecule has 58 valence electrons. The van der Waals surface area contributed by atoms with Crippen molar-refractivity contribution in [3.05, 3.63) is 0 Å². The third-order valence-corrected chi connectivity index (χ3v) is 2.48. The quantitative estimate of drug-likeness (QED) is 0.493. The molecule has 3 nitrogen and oxygen atoms in total. The van der Waals surface area contributed by atoms with Crippen LogP contribution in [0.3, 0.4) is 0 Å². The highest BCUT2D eigenvalue weighted by Crippen LogP contribution is 2.33. The number of ether oxygens (including phenoxy) is 1. The predicted octanol–water partition coefficient (Wildman–Crippen LogP) is -0.186. The topological polar surface area (TPSA) is 47.3 Å². The second kappa shape index (κ2) is 2.19. The smallest absolute Gasteiger partial charge is 0.0792 e. The van der Waals surface area contributed by atoms with Gasteiger partial charge in [0.25, 0.3) is 0 Å². The van der Waals surface area contributed by atoms with E-state index in [1.54, 1.807) is 0 Å². The molecule has 0 aromatic carbocycles. The van der Waals surface area contributed by atoms with Gasteiger partial charge in [-0.2, -0.15) is 0 Å². The largest absolute Gasteiger partial charge is 0.377 e. The first kappa shape index (κ1) is 6.58. The fourth-order valence-electron chi connectivity index (χ4n) is 1.75. The van der Waals surface area contributed by atoms with Crippen molar-refractivity contribution in [1.29, 1.82) is 0 Å². The SMILES string of the molecule is NC1COCC2(CCC2)N1. The molecule has 1 saturated heterocycles. The number of morpholine rings is 1. The highest BCUT2D eigenvalue weighted by Gasteiger charge is 2.40. The van der Waals surface area contributed by atoms with Crippen molar-refractivity contribution in [2.75, 3.05) is 13.2 Å². The summed E-state index contributed by atoms with van der Waals surface area (Å²) in [7, 11) is 0. The van der Waals surface area contributed by atoms with Crippen LogP contribution in [0.4, 0.5) is 0 Å². The normalized spacial score (nSPS) is 37.5. The van der Waals surface area contributed by atoms with Crippen molar-refractivity contribution < 1.29 is 4.74 Å². The lowest BCUT2D eigenvalue weighted by molar-refractivity contribution is -0.0347. The van der Waals surface area contributed by atoms with Gasteiger partial charge in [-0.15, -0.1) is 0 Å². The summed E-state index contributed by atoms with van der Waals surface area (Å²) in [6, 6.07) is 0. The number of hydrogen-bond acceptors (Lipinski definition) is 3. The zero-order chi connectivity index (χ0) is 7.03. The maximum Gasteiger partial charge on any atom is 0.0792 e. The molecule has 1 heterocycles. The van der Waals surface area contributed by atoms with Crippen molar-refractivity contribution in [3.8, 4) is 0 Å². The van der Waals surface area contributed by atoms with E-state index in [0.717, 1.165) is 6.61 Å². The molecule has 1 aliphatic heterocycles. The Kier molecular flexibility index (Phi) is 1.44. The Labute approximate surface area is 60.9 Å². The summed E-state index contributed by atoms with van der Waals surface area (Å²) in [4.78, 5) is 0. The third-order valence-electron chi connectivity index (χ3n) is 2.48. The minimum atomic E-state index is 0.0639. The molecule has 0 aromatic heterocycles. The molecule has 3 N–H and O–H groups in total. The summed E-state index contributed by atoms with van der Waals surface area (Å²) in [6.07, 6.45) is 3.86. The van der Waals surface area contributed by atoms with Crippen LogP contribution in [-0.4, -0.2) is 24.9 Å². The van der Waals surface area contributed by atoms with Gasteiger partial charge in [0.15, 0.2) is 0 Å². The van der Waals surface area contributed by atoms with Gasteiger partial charge in [0.05, 0.1) is 19.4 Å². The molecule has 2 aliphatic rings. The molecular weight excluding hydrogens is 128 g/mol. The number of hydrogen-bond donors (Lipinski definition) is 2. The van der Waals surface area contributed by atoms with Crippen LogP contribution in [0.2, 0.25) is 0 Å². The lowest BCUT2D eigenvalue weighted by atomic mass is 9.76. The van der Waals surface area contributed by atoms with E-state index in [9.17, 15) is 0 Å². The van der Waals surface area contributed by atoms with Gasteiger partial charge in [-0.1, -0.05) is 0 Å². The summed E-state index contributed by atoms with van der Waals surface area (Å²) in [6.45, 7) is 1.53. The second-order valence-corrected chi connectivity index (χ2v) is 3.40. The van der Waals surface area contributed by atoms with Gasteiger partial charge in [0, 0.05) is 5.54 Å². The average Bonchev–Trinajstić information content (AvgIpc) is 1.85. The van der Waals surface area contributed by atoms with E-state index in [1.807, 2.05) is 0 Å². The zero-order valence-electron chi connectivity index (χ0n) is 6.10. The molecule has 0 amide bonds. The lowest BCUT2D eigenvalue weighted by Crippen LogP contribution is -2.65. The highest BCUT2D eigenvalue weighted by molar-refractivity contribution is 4.98. The summed E-state index contributed by atoms with van der Waals surface area (Å²) in [5.74, 6) is 0. The van der Waals surface area contributed by atoms with Crippen LogP contribution in [0.15, 0.2) is 0 Å². The minimum Gasteiger partial charge on any atom is -0.377 e. The van der Waals surface area contributed by atoms with Crippen molar-refractivity contribution in [2.45, 2.75) is 31.0 Å². The first-order valence-corrected chi connectivity index (χ1v) is 3.92. The van der Waals surface area contributed by atoms with Gasteiger partial charge in [0.1, 0.15) is 0 Å². The molecule has 3 heteroatoms. The van der Waals surface area contributed by atoms with Crippen LogP contribution in [-0.2, 0) is 4.74 Å². The highest BCUT2D eigenvalue weighted by atomic mass is 16.5. The molecule has 1 spiro atoms. The molecule has 1 saturated carbocycles. The van der Waals surface area contributed by atoms with Crippen LogP contribution in [0.25, 0.3) is 0 Å². The van der Waals surface area contributed by atoms with Gasteiger partial charge < -0.3 is 10.5 Å². The van der Waals surface area contributed by atoms with E-state index in [2.05, 4.69) is 5.32 Å². The molecule has 1 aliphatic carbocycles. The fourth-order valence-corrected chi connectivity index (χ4v) is 1.75. The molecule has 1 unspecified atom stereocenters. The van der Waals surface area contributed by atoms with E-state index >= 15 is 0 Å². The standard InChI is InChI=1S/C7H14N2O/c8-6-4-10-5-7(9-6)2-1-3-7/h6,9H,1-5,8H2. The summed E-state index contributed by atoms with van der Waals surface area (Å²) < 4.78 is 5.35. The molecule has 10 heavy (non-hydrogen) atoms. The van der Waals surface area contributed by atoms with E-state index < -0.39 is 0 Å². The second-order valence-electron chi connectivity index (χ2n) is 3.40. The summed E-state index contributed by atoms with van der Waals surface area (Å²) >= 11 is 0. The Morgan fingerprint density at radius 1 is 1.50 bits per heavy atom. The predicted molar refractivity (Wildman–Crippen MR) is 38.5 cm³/mol. The Bertz CT molecular complexity index is 134. The van der Waals surface area contributed by atoms with E-state index in [-0.39, 0.29) is 11.7 Å². The lowest BCUT2D eigenvalue weighted by Gasteiger charge is -2.47. The first-order chi connectivity index (χ1) is 4.81. The van der Waals surface area contributed by atoms with E-state index in [1.165, 1.54) is 19.3 Å². The van der Waals surface area contributed by atoms with Crippen LogP contribution in [0, 0.1) is 0 Å². The molecule has 1 atom stereocenters. The van der Waals surface area contributed by atoms with E-state index in [0.29, 0.717) is 6.61 Å². The minimum absolute atomic E-state index is 0.0639. The summed E-state index contributed by atoms with van der Waals surface area (Å²) in [5.41, 5.74) is 5.96. The molecular formula is C7H14N2O. The number of rotatable bonds is 0. The zero-order valence-corrected chi connectivity index (χ0v) is 6.10. The van der Waals surface area contributed by atoms with Crippen molar-refractivity contribution in [2.24, 2.45) is 5.73 Å². The fraction of sp³-hybridized carbons (Fsp3) is 1.00. The Hall–Kier alpha value is -0.120. The van der Waals surface area contributed by atoms with Crippen LogP contribution in [0.1, 0.15) is 19.3 Å². The van der Waals surface area contributed by atoms with Crippen molar-refractivity contribution in [3.63, 3.8) is 0 Å². The molecule has 2 fully saturated rings. The Morgan fingerprint density at radius 3 is 2.70 bits per heavy atom. The van der Waals surface area contributed by atoms with Gasteiger partial charge in [-0.3, -0.25) is 5.32 Å². The number of nitrogens with one attached hydrogen (secondary N) is 1.